The molecule has 2 heterocycles. The van der Waals surface area contributed by atoms with Gasteiger partial charge < -0.3 is 9.73 Å². The van der Waals surface area contributed by atoms with Crippen LogP contribution in [0.4, 0.5) is 0 Å². The van der Waals surface area contributed by atoms with E-state index >= 15 is 0 Å². The summed E-state index contributed by atoms with van der Waals surface area (Å²) in [4.78, 5) is 27.4. The molecule has 1 unspecified atom stereocenters. The van der Waals surface area contributed by atoms with Crippen LogP contribution in [-0.4, -0.2) is 30.4 Å². The van der Waals surface area contributed by atoms with Crippen molar-refractivity contribution in [3.8, 4) is 0 Å². The third kappa shape index (κ3) is 4.32. The molecule has 1 aromatic heterocycles. The molecule has 0 aliphatic carbocycles. The second-order valence-electron chi connectivity index (χ2n) is 7.11. The predicted octanol–water partition coefficient (Wildman–Crippen LogP) is 4.67. The molecule has 1 N–H and O–H groups in total. The van der Waals surface area contributed by atoms with Gasteiger partial charge in [0.05, 0.1) is 11.4 Å². The van der Waals surface area contributed by atoms with Gasteiger partial charge in [0.2, 0.25) is 0 Å². The predicted molar refractivity (Wildman–Crippen MR) is 115 cm³/mol. The number of carbonyl (C=O) groups is 1. The molecule has 7 heteroatoms. The zero-order valence-electron chi connectivity index (χ0n) is 15.7. The summed E-state index contributed by atoms with van der Waals surface area (Å²) in [5.41, 5.74) is 1.00. The van der Waals surface area contributed by atoms with Crippen molar-refractivity contribution in [3.63, 3.8) is 0 Å². The highest BCUT2D eigenvalue weighted by Crippen LogP contribution is 2.29. The summed E-state index contributed by atoms with van der Waals surface area (Å²) in [5, 5.41) is 4.37. The van der Waals surface area contributed by atoms with Crippen molar-refractivity contribution in [2.45, 2.75) is 18.9 Å². The van der Waals surface area contributed by atoms with E-state index in [4.69, 9.17) is 27.6 Å². The fourth-order valence-corrected chi connectivity index (χ4v) is 4.19. The van der Waals surface area contributed by atoms with E-state index in [0.717, 1.165) is 31.5 Å². The van der Waals surface area contributed by atoms with Gasteiger partial charge in [-0.3, -0.25) is 14.5 Å². The van der Waals surface area contributed by atoms with E-state index in [1.54, 1.807) is 12.1 Å². The van der Waals surface area contributed by atoms with Gasteiger partial charge in [-0.1, -0.05) is 41.4 Å². The minimum Gasteiger partial charge on any atom is -0.451 e. The Morgan fingerprint density at radius 2 is 1.86 bits per heavy atom. The Morgan fingerprint density at radius 3 is 2.62 bits per heavy atom. The molecule has 0 spiro atoms. The van der Waals surface area contributed by atoms with Crippen molar-refractivity contribution in [3.05, 3.63) is 80.1 Å². The first-order chi connectivity index (χ1) is 14.0. The van der Waals surface area contributed by atoms with E-state index in [1.807, 2.05) is 24.3 Å². The summed E-state index contributed by atoms with van der Waals surface area (Å²) < 4.78 is 5.64. The van der Waals surface area contributed by atoms with E-state index in [2.05, 4.69) is 10.2 Å². The number of nitrogens with zero attached hydrogens (tertiary/aromatic N) is 1. The lowest BCUT2D eigenvalue weighted by Crippen LogP contribution is -2.37. The number of nitrogens with one attached hydrogen (secondary N) is 1. The molecule has 1 atom stereocenters. The van der Waals surface area contributed by atoms with Crippen molar-refractivity contribution in [2.24, 2.45) is 0 Å². The maximum atomic E-state index is 12.7. The summed E-state index contributed by atoms with van der Waals surface area (Å²) in [7, 11) is 0. The molecule has 150 valence electrons. The molecule has 5 nitrogen and oxygen atoms in total. The molecule has 4 rings (SSSR count). The molecular formula is C22H20Cl2N2O3. The molecule has 0 radical (unpaired) electrons. The van der Waals surface area contributed by atoms with Crippen molar-refractivity contribution in [1.29, 1.82) is 0 Å². The standard InChI is InChI=1S/C22H20Cl2N2O3/c23-14-7-8-20-16(11-14)19(27)12-21(29-20)22(28)25-13-18(26-9-3-4-10-26)15-5-1-2-6-17(15)24/h1-2,5-8,11-12,18H,3-4,9-10,13H2,(H,25,28). The number of benzene rings is 2. The topological polar surface area (TPSA) is 62.6 Å². The molecular weight excluding hydrogens is 411 g/mol. The molecule has 1 aliphatic rings. The summed E-state index contributed by atoms with van der Waals surface area (Å²) >= 11 is 12.4. The van der Waals surface area contributed by atoms with Crippen LogP contribution in [0.2, 0.25) is 10.0 Å². The Morgan fingerprint density at radius 1 is 1.10 bits per heavy atom. The van der Waals surface area contributed by atoms with Crippen molar-refractivity contribution in [1.82, 2.24) is 10.2 Å². The monoisotopic (exact) mass is 430 g/mol. The van der Waals surface area contributed by atoms with Gasteiger partial charge in [-0.15, -0.1) is 0 Å². The van der Waals surface area contributed by atoms with E-state index in [-0.39, 0.29) is 17.2 Å². The van der Waals surface area contributed by atoms with Crippen molar-refractivity contribution in [2.75, 3.05) is 19.6 Å². The second kappa shape index (κ2) is 8.57. The van der Waals surface area contributed by atoms with Crippen LogP contribution in [0.25, 0.3) is 11.0 Å². The number of hydrogen-bond acceptors (Lipinski definition) is 4. The number of fused-ring (bicyclic) bond motifs is 1. The maximum Gasteiger partial charge on any atom is 0.287 e. The van der Waals surface area contributed by atoms with E-state index < -0.39 is 5.91 Å². The molecule has 1 aliphatic heterocycles. The highest BCUT2D eigenvalue weighted by molar-refractivity contribution is 6.31. The van der Waals surface area contributed by atoms with Gasteiger partial charge in [-0.2, -0.15) is 0 Å². The first-order valence-corrected chi connectivity index (χ1v) is 10.3. The Bertz CT molecular complexity index is 1110. The van der Waals surface area contributed by atoms with Crippen LogP contribution in [0.5, 0.6) is 0 Å². The molecule has 0 bridgehead atoms. The van der Waals surface area contributed by atoms with E-state index in [1.165, 1.54) is 12.1 Å². The number of amides is 1. The van der Waals surface area contributed by atoms with Crippen LogP contribution in [0, 0.1) is 0 Å². The fraction of sp³-hybridized carbons (Fsp3) is 0.273. The van der Waals surface area contributed by atoms with Gasteiger partial charge in [-0.25, -0.2) is 0 Å². The largest absolute Gasteiger partial charge is 0.451 e. The molecule has 1 amide bonds. The van der Waals surface area contributed by atoms with Crippen molar-refractivity contribution >= 4 is 40.1 Å². The van der Waals surface area contributed by atoms with Gasteiger partial charge in [0.25, 0.3) is 5.91 Å². The van der Waals surface area contributed by atoms with E-state index in [0.29, 0.717) is 27.6 Å². The van der Waals surface area contributed by atoms with Gasteiger partial charge in [0.1, 0.15) is 5.58 Å². The minimum absolute atomic E-state index is 0.0239. The van der Waals surface area contributed by atoms with Crippen LogP contribution in [-0.2, 0) is 0 Å². The smallest absolute Gasteiger partial charge is 0.287 e. The summed E-state index contributed by atoms with van der Waals surface area (Å²) in [6, 6.07) is 13.6. The Kier molecular flexibility index (Phi) is 5.90. The molecule has 1 fully saturated rings. The normalized spacial score (nSPS) is 15.5. The zero-order chi connectivity index (χ0) is 20.4. The van der Waals surface area contributed by atoms with Crippen LogP contribution in [0.15, 0.2) is 57.7 Å². The summed E-state index contributed by atoms with van der Waals surface area (Å²) in [6.45, 7) is 2.28. The number of hydrogen-bond donors (Lipinski definition) is 1. The summed E-state index contributed by atoms with van der Waals surface area (Å²) in [6.07, 6.45) is 2.24. The molecule has 3 aromatic rings. The lowest BCUT2D eigenvalue weighted by Gasteiger charge is -2.28. The van der Waals surface area contributed by atoms with Gasteiger partial charge in [0, 0.05) is 22.7 Å². The van der Waals surface area contributed by atoms with Gasteiger partial charge in [-0.05, 0) is 55.8 Å². The maximum absolute atomic E-state index is 12.7. The first kappa shape index (κ1) is 20.0. The molecule has 0 saturated carbocycles. The lowest BCUT2D eigenvalue weighted by molar-refractivity contribution is 0.0910. The average Bonchev–Trinajstić information content (AvgIpc) is 3.24. The third-order valence-electron chi connectivity index (χ3n) is 5.21. The minimum atomic E-state index is -0.435. The molecule has 29 heavy (non-hydrogen) atoms. The zero-order valence-corrected chi connectivity index (χ0v) is 17.2. The highest BCUT2D eigenvalue weighted by Gasteiger charge is 2.26. The lowest BCUT2D eigenvalue weighted by atomic mass is 10.1. The number of carbonyl (C=O) groups excluding carboxylic acids is 1. The van der Waals surface area contributed by atoms with Crippen LogP contribution >= 0.6 is 23.2 Å². The SMILES string of the molecule is O=C(NCC(c1ccccc1Cl)N1CCCC1)c1cc(=O)c2cc(Cl)ccc2o1. The Hall–Kier alpha value is -2.34. The van der Waals surface area contributed by atoms with Crippen LogP contribution < -0.4 is 10.7 Å². The second-order valence-corrected chi connectivity index (χ2v) is 7.95. The number of rotatable bonds is 5. The molecule has 1 saturated heterocycles. The average molecular weight is 431 g/mol. The Labute approximate surface area is 178 Å². The number of halogens is 2. The number of likely N-dealkylation sites (tertiary alicyclic amines) is 1. The Balaban J connectivity index is 1.57. The van der Waals surface area contributed by atoms with Gasteiger partial charge in [0.15, 0.2) is 11.2 Å². The van der Waals surface area contributed by atoms with Gasteiger partial charge >= 0.3 is 0 Å². The quantitative estimate of drug-likeness (QED) is 0.638. The molecule has 2 aromatic carbocycles. The fourth-order valence-electron chi connectivity index (χ4n) is 3.75. The van der Waals surface area contributed by atoms with Crippen molar-refractivity contribution < 1.29 is 9.21 Å². The summed E-state index contributed by atoms with van der Waals surface area (Å²) in [5.74, 6) is -0.459. The van der Waals surface area contributed by atoms with Crippen LogP contribution in [0.1, 0.15) is 35.0 Å². The van der Waals surface area contributed by atoms with E-state index in [9.17, 15) is 9.59 Å². The highest BCUT2D eigenvalue weighted by atomic mass is 35.5. The van der Waals surface area contributed by atoms with Crippen LogP contribution in [0.3, 0.4) is 0 Å². The third-order valence-corrected chi connectivity index (χ3v) is 5.79. The first-order valence-electron chi connectivity index (χ1n) is 9.53.